The molecule has 1 saturated carbocycles. The molecule has 0 radical (unpaired) electrons. The zero-order valence-electron chi connectivity index (χ0n) is 11.2. The largest absolute Gasteiger partial charge is 0.464 e. The Morgan fingerprint density at radius 3 is 2.50 bits per heavy atom. The third-order valence-corrected chi connectivity index (χ3v) is 3.84. The number of nitrogens with one attached hydrogen (secondary N) is 1. The van der Waals surface area contributed by atoms with Crippen molar-refractivity contribution in [3.63, 3.8) is 0 Å². The summed E-state index contributed by atoms with van der Waals surface area (Å²) in [7, 11) is 0. The molecule has 1 aliphatic carbocycles. The van der Waals surface area contributed by atoms with E-state index >= 15 is 0 Å². The zero-order valence-corrected chi connectivity index (χ0v) is 11.2. The van der Waals surface area contributed by atoms with Gasteiger partial charge in [-0.05, 0) is 50.5 Å². The summed E-state index contributed by atoms with van der Waals surface area (Å²) in [5.74, 6) is 3.62. The molecule has 1 fully saturated rings. The van der Waals surface area contributed by atoms with Crippen LogP contribution >= 0.6 is 0 Å². The Morgan fingerprint density at radius 1 is 1.22 bits per heavy atom. The predicted octanol–water partition coefficient (Wildman–Crippen LogP) is 3.57. The first-order chi connectivity index (χ1) is 8.65. The summed E-state index contributed by atoms with van der Waals surface area (Å²) < 4.78 is 7.98. The molecule has 2 heterocycles. The summed E-state index contributed by atoms with van der Waals surface area (Å²) >= 11 is 0. The number of nitrogens with zero attached hydrogens (tertiary/aromatic N) is 1. The van der Waals surface area contributed by atoms with Crippen LogP contribution in [-0.2, 0) is 6.54 Å². The highest BCUT2D eigenvalue weighted by Gasteiger charge is 2.36. The van der Waals surface area contributed by atoms with E-state index in [1.165, 1.54) is 17.8 Å². The molecule has 18 heavy (non-hydrogen) atoms. The van der Waals surface area contributed by atoms with Crippen LogP contribution in [0.1, 0.15) is 42.2 Å². The van der Waals surface area contributed by atoms with Gasteiger partial charge in [0, 0.05) is 17.3 Å². The summed E-state index contributed by atoms with van der Waals surface area (Å²) in [6.07, 6.45) is 1.27. The van der Waals surface area contributed by atoms with Gasteiger partial charge in [-0.1, -0.05) is 6.92 Å². The number of hydrogen-bond donors (Lipinski definition) is 1. The second kappa shape index (κ2) is 4.23. The number of aryl methyl sites for hydroxylation is 2. The fraction of sp³-hybridized carbons (Fsp3) is 0.467. The van der Waals surface area contributed by atoms with Crippen molar-refractivity contribution >= 4 is 0 Å². The van der Waals surface area contributed by atoms with Crippen molar-refractivity contribution in [1.82, 2.24) is 4.68 Å². The van der Waals surface area contributed by atoms with Gasteiger partial charge in [-0.25, -0.2) is 0 Å². The molecule has 2 unspecified atom stereocenters. The van der Waals surface area contributed by atoms with Crippen LogP contribution in [0.3, 0.4) is 0 Å². The Bertz CT molecular complexity index is 533. The number of hydrogen-bond acceptors (Lipinski definition) is 2. The summed E-state index contributed by atoms with van der Waals surface area (Å²) in [5, 5.41) is 0. The molecular weight excluding hydrogens is 224 g/mol. The topological polar surface area (TPSA) is 30.1 Å². The summed E-state index contributed by atoms with van der Waals surface area (Å²) in [6.45, 7) is 7.20. The Hall–Kier alpha value is -1.64. The maximum absolute atomic E-state index is 5.88. The van der Waals surface area contributed by atoms with Crippen molar-refractivity contribution in [3.05, 3.63) is 47.2 Å². The lowest BCUT2D eigenvalue weighted by atomic mass is 10.3. The van der Waals surface area contributed by atoms with Gasteiger partial charge >= 0.3 is 0 Å². The van der Waals surface area contributed by atoms with Crippen LogP contribution in [0.2, 0.25) is 0 Å². The molecule has 1 aliphatic rings. The van der Waals surface area contributed by atoms with Gasteiger partial charge < -0.3 is 9.84 Å². The second-order valence-corrected chi connectivity index (χ2v) is 5.41. The standard InChI is InChI=1S/C15H20N2O/c1-10-8-14(10)15-7-6-13(18-15)9-16-17-11(2)4-5-12(17)3/h4-7,10,14,16H,8-9H2,1-3H3. The van der Waals surface area contributed by atoms with Gasteiger partial charge in [0.1, 0.15) is 11.5 Å². The lowest BCUT2D eigenvalue weighted by Gasteiger charge is -2.11. The quantitative estimate of drug-likeness (QED) is 0.891. The monoisotopic (exact) mass is 244 g/mol. The Kier molecular flexibility index (Phi) is 2.69. The first kappa shape index (κ1) is 11.5. The molecule has 3 nitrogen and oxygen atoms in total. The minimum Gasteiger partial charge on any atom is -0.464 e. The van der Waals surface area contributed by atoms with E-state index in [1.54, 1.807) is 0 Å². The van der Waals surface area contributed by atoms with Gasteiger partial charge in [0.2, 0.25) is 0 Å². The van der Waals surface area contributed by atoms with Crippen LogP contribution in [0.15, 0.2) is 28.7 Å². The van der Waals surface area contributed by atoms with Crippen molar-refractivity contribution in [3.8, 4) is 0 Å². The predicted molar refractivity (Wildman–Crippen MR) is 72.2 cm³/mol. The Morgan fingerprint density at radius 2 is 1.89 bits per heavy atom. The normalized spacial score (nSPS) is 22.2. The molecule has 0 saturated heterocycles. The molecule has 1 N–H and O–H groups in total. The fourth-order valence-corrected chi connectivity index (χ4v) is 2.48. The lowest BCUT2D eigenvalue weighted by molar-refractivity contribution is 0.462. The van der Waals surface area contributed by atoms with E-state index in [-0.39, 0.29) is 0 Å². The van der Waals surface area contributed by atoms with E-state index in [9.17, 15) is 0 Å². The van der Waals surface area contributed by atoms with Gasteiger partial charge in [0.25, 0.3) is 0 Å². The molecule has 0 spiro atoms. The number of aromatic nitrogens is 1. The minimum atomic E-state index is 0.661. The van der Waals surface area contributed by atoms with Gasteiger partial charge in [-0.15, -0.1) is 0 Å². The molecule has 2 aromatic rings. The van der Waals surface area contributed by atoms with E-state index < -0.39 is 0 Å². The second-order valence-electron chi connectivity index (χ2n) is 5.41. The maximum Gasteiger partial charge on any atom is 0.124 e. The van der Waals surface area contributed by atoms with Crippen molar-refractivity contribution in [2.75, 3.05) is 5.43 Å². The molecule has 2 aromatic heterocycles. The van der Waals surface area contributed by atoms with Gasteiger partial charge in [0.15, 0.2) is 0 Å². The average Bonchev–Trinajstić information content (AvgIpc) is 2.76. The van der Waals surface area contributed by atoms with E-state index in [1.807, 2.05) is 0 Å². The van der Waals surface area contributed by atoms with E-state index in [0.29, 0.717) is 5.92 Å². The molecule has 3 heteroatoms. The van der Waals surface area contributed by atoms with Crippen molar-refractivity contribution in [2.45, 2.75) is 39.7 Å². The fourth-order valence-electron chi connectivity index (χ4n) is 2.48. The minimum absolute atomic E-state index is 0.661. The smallest absolute Gasteiger partial charge is 0.124 e. The van der Waals surface area contributed by atoms with Crippen LogP contribution in [0.5, 0.6) is 0 Å². The van der Waals surface area contributed by atoms with Gasteiger partial charge in [0.05, 0.1) is 6.54 Å². The zero-order chi connectivity index (χ0) is 12.7. The molecular formula is C15H20N2O. The highest BCUT2D eigenvalue weighted by atomic mass is 16.3. The van der Waals surface area contributed by atoms with E-state index in [4.69, 9.17) is 4.42 Å². The van der Waals surface area contributed by atoms with Crippen LogP contribution in [-0.4, -0.2) is 4.68 Å². The lowest BCUT2D eigenvalue weighted by Crippen LogP contribution is -2.16. The Labute approximate surface area is 108 Å². The van der Waals surface area contributed by atoms with Crippen LogP contribution in [0.25, 0.3) is 0 Å². The SMILES string of the molecule is Cc1ccc(C)n1NCc1ccc(C2CC2C)o1. The molecule has 96 valence electrons. The number of rotatable bonds is 4. The summed E-state index contributed by atoms with van der Waals surface area (Å²) in [4.78, 5) is 0. The molecule has 0 amide bonds. The third-order valence-electron chi connectivity index (χ3n) is 3.84. The van der Waals surface area contributed by atoms with Gasteiger partial charge in [-0.3, -0.25) is 4.68 Å². The van der Waals surface area contributed by atoms with Crippen molar-refractivity contribution in [2.24, 2.45) is 5.92 Å². The van der Waals surface area contributed by atoms with Crippen molar-refractivity contribution < 1.29 is 4.42 Å². The average molecular weight is 244 g/mol. The molecule has 0 aliphatic heterocycles. The summed E-state index contributed by atoms with van der Waals surface area (Å²) in [5.41, 5.74) is 5.82. The number of furan rings is 1. The van der Waals surface area contributed by atoms with Crippen LogP contribution in [0, 0.1) is 19.8 Å². The molecule has 0 bridgehead atoms. The van der Waals surface area contributed by atoms with Crippen molar-refractivity contribution in [1.29, 1.82) is 0 Å². The van der Waals surface area contributed by atoms with Crippen LogP contribution < -0.4 is 5.43 Å². The third kappa shape index (κ3) is 2.05. The molecule has 0 aromatic carbocycles. The first-order valence-electron chi connectivity index (χ1n) is 6.62. The molecule has 2 atom stereocenters. The van der Waals surface area contributed by atoms with Crippen LogP contribution in [0.4, 0.5) is 0 Å². The highest BCUT2D eigenvalue weighted by Crippen LogP contribution is 2.47. The van der Waals surface area contributed by atoms with Gasteiger partial charge in [-0.2, -0.15) is 0 Å². The van der Waals surface area contributed by atoms with E-state index in [2.05, 4.69) is 55.1 Å². The Balaban J connectivity index is 1.65. The first-order valence-corrected chi connectivity index (χ1v) is 6.62. The molecule has 3 rings (SSSR count). The summed E-state index contributed by atoms with van der Waals surface area (Å²) in [6, 6.07) is 8.44. The highest BCUT2D eigenvalue weighted by molar-refractivity contribution is 5.19. The maximum atomic E-state index is 5.88. The van der Waals surface area contributed by atoms with E-state index in [0.717, 1.165) is 24.0 Å².